The number of thioether (sulfide) groups is 1. The molecule has 0 bridgehead atoms. The lowest BCUT2D eigenvalue weighted by Crippen LogP contribution is -2.21. The number of nitrogens with zero attached hydrogens (tertiary/aromatic N) is 3. The van der Waals surface area contributed by atoms with Crippen molar-refractivity contribution in [3.8, 4) is 0 Å². The number of nitrogens with one attached hydrogen (secondary N) is 1. The minimum absolute atomic E-state index is 0.117. The second kappa shape index (κ2) is 9.61. The number of fused-ring (bicyclic) bond motifs is 1. The second-order valence-corrected chi connectivity index (χ2v) is 8.35. The molecular weight excluding hydrogens is 494 g/mol. The summed E-state index contributed by atoms with van der Waals surface area (Å²) in [6, 6.07) is 12.7. The van der Waals surface area contributed by atoms with Crippen LogP contribution in [0.2, 0.25) is 0 Å². The first kappa shape index (κ1) is 24.6. The highest BCUT2D eigenvalue weighted by atomic mass is 32.2. The lowest BCUT2D eigenvalue weighted by atomic mass is 10.1. The van der Waals surface area contributed by atoms with Crippen LogP contribution in [-0.2, 0) is 29.4 Å². The third-order valence-electron chi connectivity index (χ3n) is 4.90. The molecule has 0 atom stereocenters. The number of pyridine rings is 1. The van der Waals surface area contributed by atoms with Gasteiger partial charge in [-0.2, -0.15) is 26.3 Å². The Morgan fingerprint density at radius 2 is 1.71 bits per heavy atom. The lowest BCUT2D eigenvalue weighted by Gasteiger charge is -2.14. The Morgan fingerprint density at radius 3 is 2.46 bits per heavy atom. The largest absolute Gasteiger partial charge is 0.418 e. The number of amides is 1. The first-order valence-corrected chi connectivity index (χ1v) is 11.1. The maximum Gasteiger partial charge on any atom is 0.418 e. The zero-order chi connectivity index (χ0) is 25.2. The molecule has 2 heterocycles. The van der Waals surface area contributed by atoms with Crippen LogP contribution < -0.4 is 5.32 Å². The average molecular weight is 510 g/mol. The fourth-order valence-corrected chi connectivity index (χ4v) is 4.29. The molecule has 0 unspecified atom stereocenters. The predicted molar refractivity (Wildman–Crippen MR) is 119 cm³/mol. The van der Waals surface area contributed by atoms with Crippen LogP contribution in [0.4, 0.5) is 32.0 Å². The molecule has 2 aromatic carbocycles. The Hall–Kier alpha value is -3.54. The lowest BCUT2D eigenvalue weighted by molar-refractivity contribution is -0.138. The SMILES string of the molecule is O=C(Cn1c(SCc2cccc(C(F)(F)F)c2)nc2cccnc21)Nc1ccccc1C(F)(F)F. The fraction of sp³-hybridized carbons (Fsp3) is 0.174. The second-order valence-electron chi connectivity index (χ2n) is 7.40. The van der Waals surface area contributed by atoms with E-state index in [1.807, 2.05) is 0 Å². The van der Waals surface area contributed by atoms with Gasteiger partial charge >= 0.3 is 12.4 Å². The summed E-state index contributed by atoms with van der Waals surface area (Å²) in [5.74, 6) is -0.626. The minimum Gasteiger partial charge on any atom is -0.324 e. The summed E-state index contributed by atoms with van der Waals surface area (Å²) in [6.07, 6.45) is -7.67. The summed E-state index contributed by atoms with van der Waals surface area (Å²) in [7, 11) is 0. The van der Waals surface area contributed by atoms with Gasteiger partial charge in [-0.05, 0) is 35.9 Å². The van der Waals surface area contributed by atoms with Gasteiger partial charge in [0.1, 0.15) is 12.1 Å². The van der Waals surface area contributed by atoms with Gasteiger partial charge < -0.3 is 5.32 Å². The van der Waals surface area contributed by atoms with Gasteiger partial charge in [-0.3, -0.25) is 9.36 Å². The molecule has 0 aliphatic carbocycles. The van der Waals surface area contributed by atoms with E-state index in [1.165, 1.54) is 35.0 Å². The molecule has 1 amide bonds. The molecule has 5 nitrogen and oxygen atoms in total. The summed E-state index contributed by atoms with van der Waals surface area (Å²) in [5.41, 5.74) is -1.02. The number of hydrogen-bond donors (Lipinski definition) is 1. The molecule has 0 saturated heterocycles. The maximum atomic E-state index is 13.3. The van der Waals surface area contributed by atoms with E-state index in [0.29, 0.717) is 16.7 Å². The highest BCUT2D eigenvalue weighted by Gasteiger charge is 2.33. The fourth-order valence-electron chi connectivity index (χ4n) is 3.35. The van der Waals surface area contributed by atoms with Crippen molar-refractivity contribution in [1.82, 2.24) is 14.5 Å². The highest BCUT2D eigenvalue weighted by Crippen LogP contribution is 2.35. The number of carbonyl (C=O) groups excluding carboxylic acids is 1. The molecule has 4 rings (SSSR count). The molecule has 4 aromatic rings. The van der Waals surface area contributed by atoms with E-state index < -0.39 is 35.9 Å². The zero-order valence-corrected chi connectivity index (χ0v) is 18.5. The van der Waals surface area contributed by atoms with Crippen molar-refractivity contribution in [2.75, 3.05) is 5.32 Å². The summed E-state index contributed by atoms with van der Waals surface area (Å²) < 4.78 is 80.2. The third kappa shape index (κ3) is 5.76. The quantitative estimate of drug-likeness (QED) is 0.241. The molecule has 0 fully saturated rings. The van der Waals surface area contributed by atoms with E-state index >= 15 is 0 Å². The molecule has 182 valence electrons. The monoisotopic (exact) mass is 510 g/mol. The van der Waals surface area contributed by atoms with Gasteiger partial charge in [0.25, 0.3) is 0 Å². The Labute approximate surface area is 199 Å². The summed E-state index contributed by atoms with van der Waals surface area (Å²) >= 11 is 1.09. The van der Waals surface area contributed by atoms with E-state index in [2.05, 4.69) is 15.3 Å². The summed E-state index contributed by atoms with van der Waals surface area (Å²) in [5, 5.41) is 2.56. The van der Waals surface area contributed by atoms with Crippen LogP contribution in [0.1, 0.15) is 16.7 Å². The van der Waals surface area contributed by atoms with Gasteiger partial charge in [0.05, 0.1) is 16.8 Å². The molecule has 35 heavy (non-hydrogen) atoms. The van der Waals surface area contributed by atoms with Crippen LogP contribution in [0.15, 0.2) is 72.0 Å². The topological polar surface area (TPSA) is 59.8 Å². The predicted octanol–water partition coefficient (Wildman–Crippen LogP) is 6.40. The van der Waals surface area contributed by atoms with Crippen molar-refractivity contribution in [3.05, 3.63) is 83.6 Å². The molecule has 1 N–H and O–H groups in total. The maximum absolute atomic E-state index is 13.3. The van der Waals surface area contributed by atoms with Crippen LogP contribution in [0.25, 0.3) is 11.2 Å². The average Bonchev–Trinajstić information content (AvgIpc) is 3.14. The van der Waals surface area contributed by atoms with Crippen LogP contribution in [0, 0.1) is 0 Å². The molecule has 0 saturated carbocycles. The highest BCUT2D eigenvalue weighted by molar-refractivity contribution is 7.98. The normalized spacial score (nSPS) is 12.2. The summed E-state index contributed by atoms with van der Waals surface area (Å²) in [6.45, 7) is -0.398. The number of alkyl halides is 6. The van der Waals surface area contributed by atoms with Gasteiger partial charge in [0, 0.05) is 11.9 Å². The third-order valence-corrected chi connectivity index (χ3v) is 5.95. The van der Waals surface area contributed by atoms with Crippen molar-refractivity contribution in [3.63, 3.8) is 0 Å². The van der Waals surface area contributed by atoms with Crippen LogP contribution in [0.3, 0.4) is 0 Å². The van der Waals surface area contributed by atoms with Gasteiger partial charge in [0.15, 0.2) is 10.8 Å². The number of carbonyl (C=O) groups is 1. The molecule has 2 aromatic heterocycles. The van der Waals surface area contributed by atoms with Crippen molar-refractivity contribution < 1.29 is 31.1 Å². The number of para-hydroxylation sites is 1. The van der Waals surface area contributed by atoms with Gasteiger partial charge in [-0.1, -0.05) is 42.1 Å². The Bertz CT molecular complexity index is 1370. The van der Waals surface area contributed by atoms with Crippen LogP contribution >= 0.6 is 11.8 Å². The van der Waals surface area contributed by atoms with Crippen molar-refractivity contribution in [1.29, 1.82) is 0 Å². The van der Waals surface area contributed by atoms with E-state index in [1.54, 1.807) is 12.1 Å². The molecule has 0 aliphatic heterocycles. The Morgan fingerprint density at radius 1 is 0.943 bits per heavy atom. The van der Waals surface area contributed by atoms with Crippen LogP contribution in [-0.4, -0.2) is 20.4 Å². The van der Waals surface area contributed by atoms with E-state index in [9.17, 15) is 31.1 Å². The minimum atomic E-state index is -4.65. The first-order chi connectivity index (χ1) is 16.5. The Kier molecular flexibility index (Phi) is 6.75. The number of benzene rings is 2. The Balaban J connectivity index is 1.58. The van der Waals surface area contributed by atoms with Gasteiger partial charge in [-0.25, -0.2) is 9.97 Å². The molecule has 12 heteroatoms. The summed E-state index contributed by atoms with van der Waals surface area (Å²) in [4.78, 5) is 21.3. The van der Waals surface area contributed by atoms with E-state index in [-0.39, 0.29) is 16.6 Å². The number of hydrogen-bond acceptors (Lipinski definition) is 4. The van der Waals surface area contributed by atoms with Gasteiger partial charge in [-0.15, -0.1) is 0 Å². The number of anilines is 1. The molecule has 0 aliphatic rings. The molecule has 0 spiro atoms. The number of imidazole rings is 1. The van der Waals surface area contributed by atoms with Crippen molar-refractivity contribution in [2.24, 2.45) is 0 Å². The van der Waals surface area contributed by atoms with E-state index in [0.717, 1.165) is 36.0 Å². The molecular formula is C23H16F6N4OS. The number of rotatable bonds is 6. The smallest absolute Gasteiger partial charge is 0.324 e. The van der Waals surface area contributed by atoms with E-state index in [4.69, 9.17) is 0 Å². The zero-order valence-electron chi connectivity index (χ0n) is 17.7. The molecule has 0 radical (unpaired) electrons. The standard InChI is InChI=1S/C23H16F6N4OS/c24-22(25,26)15-6-3-5-14(11-15)13-35-21-32-18-9-4-10-30-20(18)33(21)12-19(34)31-17-8-2-1-7-16(17)23(27,28)29/h1-11H,12-13H2,(H,31,34). The van der Waals surface area contributed by atoms with Crippen LogP contribution in [0.5, 0.6) is 0 Å². The number of aromatic nitrogens is 3. The first-order valence-electron chi connectivity index (χ1n) is 10.1. The van der Waals surface area contributed by atoms with Crippen molar-refractivity contribution >= 4 is 34.5 Å². The van der Waals surface area contributed by atoms with Crippen molar-refractivity contribution in [2.45, 2.75) is 29.8 Å². The number of halogens is 6. The van der Waals surface area contributed by atoms with Gasteiger partial charge in [0.2, 0.25) is 5.91 Å².